The molecule has 1 saturated heterocycles. The van der Waals surface area contributed by atoms with Crippen molar-refractivity contribution in [2.45, 2.75) is 62.9 Å². The fraction of sp³-hybridized carbons (Fsp3) is 0.571. The molecule has 1 aliphatic carbocycles. The molecule has 2 heterocycles. The second-order valence-electron chi connectivity index (χ2n) is 7.68. The van der Waals surface area contributed by atoms with Crippen LogP contribution in [0.2, 0.25) is 5.28 Å². The van der Waals surface area contributed by atoms with Gasteiger partial charge in [-0.3, -0.25) is 4.90 Å². The first kappa shape index (κ1) is 17.1. The first-order valence-electron chi connectivity index (χ1n) is 9.75. The van der Waals surface area contributed by atoms with Gasteiger partial charge in [-0.05, 0) is 49.4 Å². The Bertz CT molecular complexity index is 735. The van der Waals surface area contributed by atoms with E-state index in [9.17, 15) is 0 Å². The quantitative estimate of drug-likeness (QED) is 0.526. The van der Waals surface area contributed by atoms with Crippen molar-refractivity contribution in [2.75, 3.05) is 13.1 Å². The topological polar surface area (TPSA) is 21.1 Å². The van der Waals surface area contributed by atoms with Crippen LogP contribution in [0.4, 0.5) is 0 Å². The van der Waals surface area contributed by atoms with Crippen LogP contribution in [-0.4, -0.2) is 33.1 Å². The van der Waals surface area contributed by atoms with E-state index in [1.54, 1.807) is 0 Å². The highest BCUT2D eigenvalue weighted by molar-refractivity contribution is 6.29. The van der Waals surface area contributed by atoms with Crippen LogP contribution in [0.15, 0.2) is 36.9 Å². The number of hydrogen-bond acceptors (Lipinski definition) is 2. The summed E-state index contributed by atoms with van der Waals surface area (Å²) < 4.78 is 2.25. The average Bonchev–Trinajstić information content (AvgIpc) is 2.82. The summed E-state index contributed by atoms with van der Waals surface area (Å²) in [6.45, 7) is 6.47. The molecule has 0 radical (unpaired) electrons. The number of para-hydroxylation sites is 2. The largest absolute Gasteiger partial charge is 0.311 e. The third kappa shape index (κ3) is 3.13. The number of hydrogen-bond donors (Lipinski definition) is 0. The molecule has 0 unspecified atom stereocenters. The molecule has 134 valence electrons. The SMILES string of the molecule is C=CC1(N2CCC(n3c(Cl)nc4ccccc43)CC2)CCCCCC1. The van der Waals surface area contributed by atoms with E-state index in [-0.39, 0.29) is 5.54 Å². The lowest BCUT2D eigenvalue weighted by Gasteiger charge is -2.45. The van der Waals surface area contributed by atoms with Gasteiger partial charge >= 0.3 is 0 Å². The number of imidazole rings is 1. The summed E-state index contributed by atoms with van der Waals surface area (Å²) in [5, 5.41) is 0.632. The molecular weight excluding hydrogens is 330 g/mol. The van der Waals surface area contributed by atoms with Crippen molar-refractivity contribution in [3.8, 4) is 0 Å². The molecule has 0 N–H and O–H groups in total. The van der Waals surface area contributed by atoms with E-state index >= 15 is 0 Å². The van der Waals surface area contributed by atoms with E-state index in [0.717, 1.165) is 31.4 Å². The van der Waals surface area contributed by atoms with Gasteiger partial charge in [0.25, 0.3) is 0 Å². The molecule has 3 nitrogen and oxygen atoms in total. The van der Waals surface area contributed by atoms with Crippen LogP contribution in [0.25, 0.3) is 11.0 Å². The Kier molecular flexibility index (Phi) is 4.88. The van der Waals surface area contributed by atoms with Gasteiger partial charge in [0.1, 0.15) is 0 Å². The lowest BCUT2D eigenvalue weighted by Crippen LogP contribution is -2.50. The number of aromatic nitrogens is 2. The second kappa shape index (κ2) is 7.13. The zero-order chi connectivity index (χ0) is 17.3. The van der Waals surface area contributed by atoms with E-state index < -0.39 is 0 Å². The minimum absolute atomic E-state index is 0.224. The maximum absolute atomic E-state index is 6.48. The summed E-state index contributed by atoms with van der Waals surface area (Å²) in [4.78, 5) is 7.24. The lowest BCUT2D eigenvalue weighted by atomic mass is 9.86. The van der Waals surface area contributed by atoms with E-state index in [0.29, 0.717) is 11.3 Å². The van der Waals surface area contributed by atoms with Gasteiger partial charge in [-0.15, -0.1) is 6.58 Å². The Morgan fingerprint density at radius 3 is 2.44 bits per heavy atom. The summed E-state index contributed by atoms with van der Waals surface area (Å²) in [5.41, 5.74) is 2.39. The minimum atomic E-state index is 0.224. The number of benzene rings is 1. The van der Waals surface area contributed by atoms with Crippen LogP contribution in [-0.2, 0) is 0 Å². The van der Waals surface area contributed by atoms with Gasteiger partial charge in [-0.1, -0.05) is 43.9 Å². The molecule has 25 heavy (non-hydrogen) atoms. The maximum atomic E-state index is 6.48. The monoisotopic (exact) mass is 357 g/mol. The smallest absolute Gasteiger partial charge is 0.204 e. The van der Waals surface area contributed by atoms with Crippen molar-refractivity contribution in [2.24, 2.45) is 0 Å². The molecule has 0 atom stereocenters. The van der Waals surface area contributed by atoms with Gasteiger partial charge in [0.05, 0.1) is 11.0 Å². The predicted octanol–water partition coefficient (Wildman–Crippen LogP) is 5.61. The van der Waals surface area contributed by atoms with Gasteiger partial charge in [0, 0.05) is 24.7 Å². The normalized spacial score (nSPS) is 22.8. The Morgan fingerprint density at radius 1 is 1.08 bits per heavy atom. The van der Waals surface area contributed by atoms with E-state index in [2.05, 4.69) is 39.2 Å². The van der Waals surface area contributed by atoms with Gasteiger partial charge in [-0.2, -0.15) is 0 Å². The number of nitrogens with zero attached hydrogens (tertiary/aromatic N) is 3. The van der Waals surface area contributed by atoms with Gasteiger partial charge in [0.2, 0.25) is 5.28 Å². The lowest BCUT2D eigenvalue weighted by molar-refractivity contribution is 0.0739. The average molecular weight is 358 g/mol. The summed E-state index contributed by atoms with van der Waals surface area (Å²) in [6, 6.07) is 8.73. The molecule has 1 saturated carbocycles. The van der Waals surface area contributed by atoms with Gasteiger partial charge in [-0.25, -0.2) is 4.98 Å². The first-order valence-corrected chi connectivity index (χ1v) is 10.1. The number of piperidine rings is 1. The summed E-state index contributed by atoms with van der Waals surface area (Å²) in [7, 11) is 0. The highest BCUT2D eigenvalue weighted by Crippen LogP contribution is 2.38. The van der Waals surface area contributed by atoms with Crippen molar-refractivity contribution in [3.05, 3.63) is 42.2 Å². The Hall–Kier alpha value is -1.32. The number of fused-ring (bicyclic) bond motifs is 1. The van der Waals surface area contributed by atoms with Gasteiger partial charge < -0.3 is 4.57 Å². The number of likely N-dealkylation sites (tertiary alicyclic amines) is 1. The Morgan fingerprint density at radius 2 is 1.76 bits per heavy atom. The number of halogens is 1. The van der Waals surface area contributed by atoms with Crippen LogP contribution in [0.3, 0.4) is 0 Å². The van der Waals surface area contributed by atoms with Crippen LogP contribution < -0.4 is 0 Å². The Balaban J connectivity index is 1.52. The van der Waals surface area contributed by atoms with Crippen molar-refractivity contribution in [1.82, 2.24) is 14.5 Å². The molecule has 4 rings (SSSR count). The molecule has 1 aromatic heterocycles. The fourth-order valence-electron chi connectivity index (χ4n) is 4.92. The standard InChI is InChI=1S/C21H28ClN3/c1-2-21(13-7-3-4-8-14-21)24-15-11-17(12-16-24)25-19-10-6-5-9-18(19)23-20(25)22/h2,5-6,9-10,17H,1,3-4,7-8,11-16H2. The molecule has 0 bridgehead atoms. The summed E-state index contributed by atoms with van der Waals surface area (Å²) in [5.74, 6) is 0. The van der Waals surface area contributed by atoms with Gasteiger partial charge in [0.15, 0.2) is 0 Å². The highest BCUT2D eigenvalue weighted by Gasteiger charge is 2.37. The zero-order valence-corrected chi connectivity index (χ0v) is 15.7. The third-order valence-electron chi connectivity index (χ3n) is 6.36. The van der Waals surface area contributed by atoms with E-state index in [4.69, 9.17) is 11.6 Å². The van der Waals surface area contributed by atoms with Crippen molar-refractivity contribution >= 4 is 22.6 Å². The van der Waals surface area contributed by atoms with Crippen molar-refractivity contribution < 1.29 is 0 Å². The van der Waals surface area contributed by atoms with Crippen LogP contribution in [0.1, 0.15) is 57.4 Å². The first-order chi connectivity index (χ1) is 12.2. The molecule has 0 amide bonds. The summed E-state index contributed by atoms with van der Waals surface area (Å²) in [6.07, 6.45) is 12.5. The molecule has 0 spiro atoms. The predicted molar refractivity (Wildman–Crippen MR) is 105 cm³/mol. The fourth-order valence-corrected chi connectivity index (χ4v) is 5.24. The molecule has 1 aromatic carbocycles. The second-order valence-corrected chi connectivity index (χ2v) is 8.02. The van der Waals surface area contributed by atoms with Crippen LogP contribution >= 0.6 is 11.6 Å². The molecule has 2 aliphatic rings. The van der Waals surface area contributed by atoms with E-state index in [1.807, 2.05) is 12.1 Å². The third-order valence-corrected chi connectivity index (χ3v) is 6.63. The molecule has 4 heteroatoms. The Labute approximate surface area is 155 Å². The molecule has 2 fully saturated rings. The van der Waals surface area contributed by atoms with Crippen LogP contribution in [0, 0.1) is 0 Å². The molecule has 2 aromatic rings. The van der Waals surface area contributed by atoms with Crippen molar-refractivity contribution in [3.63, 3.8) is 0 Å². The van der Waals surface area contributed by atoms with Crippen molar-refractivity contribution in [1.29, 1.82) is 0 Å². The highest BCUT2D eigenvalue weighted by atomic mass is 35.5. The molecule has 1 aliphatic heterocycles. The minimum Gasteiger partial charge on any atom is -0.311 e. The maximum Gasteiger partial charge on any atom is 0.204 e. The zero-order valence-electron chi connectivity index (χ0n) is 15.0. The number of rotatable bonds is 3. The summed E-state index contributed by atoms with van der Waals surface area (Å²) >= 11 is 6.48. The van der Waals surface area contributed by atoms with E-state index in [1.165, 1.54) is 44.0 Å². The van der Waals surface area contributed by atoms with Crippen LogP contribution in [0.5, 0.6) is 0 Å². The molecular formula is C21H28ClN3.